The van der Waals surface area contributed by atoms with E-state index in [2.05, 4.69) is 31.8 Å². The highest BCUT2D eigenvalue weighted by molar-refractivity contribution is 9.10. The van der Waals surface area contributed by atoms with E-state index in [9.17, 15) is 14.7 Å². The molecule has 0 saturated carbocycles. The molecule has 0 radical (unpaired) electrons. The molecule has 120 valence electrons. The van der Waals surface area contributed by atoms with Crippen LogP contribution in [0.2, 0.25) is 0 Å². The molecule has 1 aromatic carbocycles. The zero-order valence-corrected chi connectivity index (χ0v) is 13.9. The molecule has 1 rings (SSSR count). The number of benzene rings is 1. The number of ether oxygens (including phenoxy) is 1. The number of carbonyl (C=O) groups excluding carboxylic acids is 2. The van der Waals surface area contributed by atoms with Crippen LogP contribution in [-0.2, 0) is 9.59 Å². The van der Waals surface area contributed by atoms with Gasteiger partial charge in [-0.05, 0) is 40.0 Å². The van der Waals surface area contributed by atoms with Gasteiger partial charge in [0, 0.05) is 6.54 Å². The summed E-state index contributed by atoms with van der Waals surface area (Å²) in [5, 5.41) is 15.8. The maximum atomic E-state index is 11.5. The van der Waals surface area contributed by atoms with Gasteiger partial charge in [0.25, 0.3) is 0 Å². The fourth-order valence-electron chi connectivity index (χ4n) is 1.50. The number of hydrazone groups is 1. The highest BCUT2D eigenvalue weighted by Crippen LogP contribution is 2.34. The zero-order valence-electron chi connectivity index (χ0n) is 12.4. The molecule has 1 aromatic rings. The van der Waals surface area contributed by atoms with Gasteiger partial charge in [0.1, 0.15) is 0 Å². The van der Waals surface area contributed by atoms with Crippen LogP contribution in [0.1, 0.15) is 25.3 Å². The summed E-state index contributed by atoms with van der Waals surface area (Å²) in [6.07, 6.45) is 3.07. The van der Waals surface area contributed by atoms with Crippen molar-refractivity contribution in [3.05, 3.63) is 22.2 Å². The monoisotopic (exact) mass is 371 g/mol. The van der Waals surface area contributed by atoms with E-state index in [4.69, 9.17) is 4.74 Å². The molecule has 0 atom stereocenters. The minimum Gasteiger partial charge on any atom is -0.503 e. The first-order valence-corrected chi connectivity index (χ1v) is 7.46. The quantitative estimate of drug-likeness (QED) is 0.305. The number of phenolic OH excluding ortho intramolecular Hbond substituents is 1. The van der Waals surface area contributed by atoms with Gasteiger partial charge in [-0.2, -0.15) is 5.10 Å². The number of hydrogen-bond donors (Lipinski definition) is 3. The lowest BCUT2D eigenvalue weighted by Crippen LogP contribution is -2.38. The van der Waals surface area contributed by atoms with Crippen LogP contribution in [0.25, 0.3) is 0 Å². The van der Waals surface area contributed by atoms with Gasteiger partial charge in [-0.25, -0.2) is 5.43 Å². The Bertz CT molecular complexity index is 575. The van der Waals surface area contributed by atoms with Gasteiger partial charge in [-0.15, -0.1) is 0 Å². The van der Waals surface area contributed by atoms with Crippen LogP contribution in [0.5, 0.6) is 11.5 Å². The van der Waals surface area contributed by atoms with E-state index in [1.54, 1.807) is 6.07 Å². The summed E-state index contributed by atoms with van der Waals surface area (Å²) < 4.78 is 5.42. The van der Waals surface area contributed by atoms with Crippen molar-refractivity contribution >= 4 is 34.0 Å². The fraction of sp³-hybridized carbons (Fsp3) is 0.357. The smallest absolute Gasteiger partial charge is 0.329 e. The van der Waals surface area contributed by atoms with Crippen molar-refractivity contribution in [3.63, 3.8) is 0 Å². The third-order valence-corrected chi connectivity index (χ3v) is 3.28. The summed E-state index contributed by atoms with van der Waals surface area (Å²) in [6, 6.07) is 3.13. The molecule has 0 aromatic heterocycles. The van der Waals surface area contributed by atoms with Gasteiger partial charge in [-0.3, -0.25) is 9.59 Å². The number of nitrogens with one attached hydrogen (secondary N) is 2. The van der Waals surface area contributed by atoms with Gasteiger partial charge in [0.15, 0.2) is 11.5 Å². The molecule has 0 heterocycles. The van der Waals surface area contributed by atoms with Crippen molar-refractivity contribution in [2.45, 2.75) is 19.8 Å². The number of hydrogen-bond acceptors (Lipinski definition) is 5. The molecular weight excluding hydrogens is 354 g/mol. The predicted molar refractivity (Wildman–Crippen MR) is 86.0 cm³/mol. The lowest BCUT2D eigenvalue weighted by molar-refractivity contribution is -0.139. The fourth-order valence-corrected chi connectivity index (χ4v) is 1.96. The Labute approximate surface area is 136 Å². The van der Waals surface area contributed by atoms with E-state index < -0.39 is 11.8 Å². The highest BCUT2D eigenvalue weighted by Gasteiger charge is 2.11. The molecule has 7 nitrogen and oxygen atoms in total. The van der Waals surface area contributed by atoms with Gasteiger partial charge in [0.2, 0.25) is 0 Å². The van der Waals surface area contributed by atoms with Crippen LogP contribution in [0.4, 0.5) is 0 Å². The number of unbranched alkanes of at least 4 members (excludes halogenated alkanes) is 1. The number of halogens is 1. The Hall–Kier alpha value is -2.09. The van der Waals surface area contributed by atoms with Crippen molar-refractivity contribution in [3.8, 4) is 11.5 Å². The lowest BCUT2D eigenvalue weighted by atomic mass is 10.2. The molecule has 0 aliphatic carbocycles. The van der Waals surface area contributed by atoms with E-state index >= 15 is 0 Å². The van der Waals surface area contributed by atoms with Crippen molar-refractivity contribution < 1.29 is 19.4 Å². The number of aromatic hydroxyl groups is 1. The Morgan fingerprint density at radius 3 is 2.77 bits per heavy atom. The summed E-state index contributed by atoms with van der Waals surface area (Å²) in [5.74, 6) is -1.33. The molecule has 0 saturated heterocycles. The van der Waals surface area contributed by atoms with Gasteiger partial charge in [-0.1, -0.05) is 13.3 Å². The summed E-state index contributed by atoms with van der Waals surface area (Å²) in [7, 11) is 1.42. The van der Waals surface area contributed by atoms with Crippen LogP contribution in [0.3, 0.4) is 0 Å². The third-order valence-electron chi connectivity index (χ3n) is 2.67. The maximum Gasteiger partial charge on any atom is 0.329 e. The van der Waals surface area contributed by atoms with E-state index in [-0.39, 0.29) is 11.5 Å². The molecule has 3 N–H and O–H groups in total. The number of nitrogens with zero attached hydrogens (tertiary/aromatic N) is 1. The van der Waals surface area contributed by atoms with Crippen molar-refractivity contribution in [2.75, 3.05) is 13.7 Å². The summed E-state index contributed by atoms with van der Waals surface area (Å²) in [6.45, 7) is 2.44. The number of rotatable bonds is 6. The van der Waals surface area contributed by atoms with Gasteiger partial charge in [0.05, 0.1) is 17.8 Å². The summed E-state index contributed by atoms with van der Waals surface area (Å²) in [5.41, 5.74) is 2.71. The minimum absolute atomic E-state index is 0.0287. The Kier molecular flexibility index (Phi) is 7.38. The largest absolute Gasteiger partial charge is 0.503 e. The van der Waals surface area contributed by atoms with Crippen LogP contribution < -0.4 is 15.5 Å². The molecule has 0 unspecified atom stereocenters. The molecule has 0 spiro atoms. The average Bonchev–Trinajstić information content (AvgIpc) is 2.50. The predicted octanol–water partition coefficient (Wildman–Crippen LogP) is 1.53. The summed E-state index contributed by atoms with van der Waals surface area (Å²) >= 11 is 3.17. The number of amides is 2. The second kappa shape index (κ2) is 9.04. The normalized spacial score (nSPS) is 10.5. The zero-order chi connectivity index (χ0) is 16.5. The maximum absolute atomic E-state index is 11.5. The van der Waals surface area contributed by atoms with Crippen LogP contribution in [0.15, 0.2) is 21.7 Å². The minimum atomic E-state index is -0.836. The molecule has 0 aliphatic heterocycles. The SMILES string of the molecule is CCCCNC(=O)C(=O)N/N=C\c1cc(Br)c(O)c(OC)c1. The van der Waals surface area contributed by atoms with E-state index in [1.807, 2.05) is 6.92 Å². The topological polar surface area (TPSA) is 100 Å². The second-order valence-electron chi connectivity index (χ2n) is 4.36. The molecule has 0 bridgehead atoms. The Morgan fingerprint density at radius 2 is 2.14 bits per heavy atom. The molecule has 8 heteroatoms. The standard InChI is InChI=1S/C14H18BrN3O4/c1-3-4-5-16-13(20)14(21)18-17-8-9-6-10(15)12(19)11(7-9)22-2/h6-8,19H,3-5H2,1-2H3,(H,16,20)(H,18,21)/b17-8-. The van der Waals surface area contributed by atoms with Crippen molar-refractivity contribution in [1.29, 1.82) is 0 Å². The number of phenols is 1. The van der Waals surface area contributed by atoms with Crippen molar-refractivity contribution in [1.82, 2.24) is 10.7 Å². The van der Waals surface area contributed by atoms with E-state index in [0.29, 0.717) is 16.6 Å². The summed E-state index contributed by atoms with van der Waals surface area (Å²) in [4.78, 5) is 22.9. The molecule has 22 heavy (non-hydrogen) atoms. The third kappa shape index (κ3) is 5.36. The van der Waals surface area contributed by atoms with Crippen molar-refractivity contribution in [2.24, 2.45) is 5.10 Å². The lowest BCUT2D eigenvalue weighted by Gasteiger charge is -2.06. The van der Waals surface area contributed by atoms with Crippen LogP contribution in [0, 0.1) is 0 Å². The number of carbonyl (C=O) groups is 2. The molecule has 0 aliphatic rings. The van der Waals surface area contributed by atoms with Crippen LogP contribution in [-0.4, -0.2) is 36.8 Å². The first kappa shape index (κ1) is 18.0. The second-order valence-corrected chi connectivity index (χ2v) is 5.22. The number of methoxy groups -OCH3 is 1. The van der Waals surface area contributed by atoms with E-state index in [1.165, 1.54) is 19.4 Å². The van der Waals surface area contributed by atoms with Gasteiger partial charge >= 0.3 is 11.8 Å². The molecule has 0 fully saturated rings. The Balaban J connectivity index is 2.60. The highest BCUT2D eigenvalue weighted by atomic mass is 79.9. The first-order chi connectivity index (χ1) is 10.5. The molecule has 2 amide bonds. The van der Waals surface area contributed by atoms with E-state index in [0.717, 1.165) is 12.8 Å². The molecular formula is C14H18BrN3O4. The Morgan fingerprint density at radius 1 is 1.41 bits per heavy atom. The van der Waals surface area contributed by atoms with Crippen LogP contribution >= 0.6 is 15.9 Å². The average molecular weight is 372 g/mol. The first-order valence-electron chi connectivity index (χ1n) is 6.67. The van der Waals surface area contributed by atoms with Gasteiger partial charge < -0.3 is 15.2 Å².